The summed E-state index contributed by atoms with van der Waals surface area (Å²) in [6.45, 7) is 2.65. The Labute approximate surface area is 172 Å². The molecule has 1 aliphatic heterocycles. The van der Waals surface area contributed by atoms with Crippen molar-refractivity contribution in [2.24, 2.45) is 0 Å². The molecule has 0 saturated heterocycles. The molecule has 0 unspecified atom stereocenters. The predicted molar refractivity (Wildman–Crippen MR) is 114 cm³/mol. The van der Waals surface area contributed by atoms with Crippen molar-refractivity contribution in [1.82, 2.24) is 0 Å². The van der Waals surface area contributed by atoms with E-state index in [0.29, 0.717) is 6.61 Å². The van der Waals surface area contributed by atoms with Crippen LogP contribution in [0.25, 0.3) is 0 Å². The van der Waals surface area contributed by atoms with Crippen LogP contribution < -0.4 is 18.9 Å². The van der Waals surface area contributed by atoms with Gasteiger partial charge in [0.25, 0.3) is 0 Å². The monoisotopic (exact) mass is 390 g/mol. The molecule has 1 aliphatic rings. The normalized spacial score (nSPS) is 17.8. The predicted octanol–water partition coefficient (Wildman–Crippen LogP) is 5.33. The molecule has 29 heavy (non-hydrogen) atoms. The summed E-state index contributed by atoms with van der Waals surface area (Å²) in [7, 11) is 5.07. The highest BCUT2D eigenvalue weighted by molar-refractivity contribution is 5.56. The van der Waals surface area contributed by atoms with Gasteiger partial charge in [0.1, 0.15) is 23.0 Å². The maximum atomic E-state index is 6.28. The van der Waals surface area contributed by atoms with Crippen LogP contribution in [-0.4, -0.2) is 27.9 Å². The van der Waals surface area contributed by atoms with Crippen molar-refractivity contribution in [3.05, 3.63) is 82.9 Å². The molecule has 0 bridgehead atoms. The van der Waals surface area contributed by atoms with Crippen LogP contribution >= 0.6 is 0 Å². The molecule has 0 aromatic heterocycles. The maximum Gasteiger partial charge on any atom is 0.129 e. The quantitative estimate of drug-likeness (QED) is 0.590. The van der Waals surface area contributed by atoms with Crippen molar-refractivity contribution < 1.29 is 18.9 Å². The fraction of sp³-hybridized carbons (Fsp3) is 0.280. The number of rotatable bonds is 5. The van der Waals surface area contributed by atoms with E-state index >= 15 is 0 Å². The highest BCUT2D eigenvalue weighted by Crippen LogP contribution is 2.49. The van der Waals surface area contributed by atoms with Crippen LogP contribution in [0.5, 0.6) is 23.0 Å². The van der Waals surface area contributed by atoms with Gasteiger partial charge in [-0.2, -0.15) is 0 Å². The average molecular weight is 390 g/mol. The summed E-state index contributed by atoms with van der Waals surface area (Å²) in [4.78, 5) is 0. The summed E-state index contributed by atoms with van der Waals surface area (Å²) in [6, 6.07) is 20.8. The Hall–Kier alpha value is -3.14. The minimum absolute atomic E-state index is 0.169. The van der Waals surface area contributed by atoms with E-state index in [1.54, 1.807) is 21.3 Å². The number of hydrogen-bond acceptors (Lipinski definition) is 4. The molecule has 1 heterocycles. The lowest BCUT2D eigenvalue weighted by Crippen LogP contribution is -2.26. The summed E-state index contributed by atoms with van der Waals surface area (Å²) in [6.07, 6.45) is 0. The number of hydrogen-bond donors (Lipinski definition) is 0. The molecule has 4 heteroatoms. The number of ether oxygens (including phenoxy) is 4. The van der Waals surface area contributed by atoms with Gasteiger partial charge in [-0.3, -0.25) is 0 Å². The second-order valence-electron chi connectivity index (χ2n) is 7.25. The third kappa shape index (κ3) is 3.51. The summed E-state index contributed by atoms with van der Waals surface area (Å²) in [5.41, 5.74) is 4.68. The molecule has 0 fully saturated rings. The summed E-state index contributed by atoms with van der Waals surface area (Å²) >= 11 is 0. The molecule has 0 N–H and O–H groups in total. The lowest BCUT2D eigenvalue weighted by Gasteiger charge is -2.35. The fourth-order valence-electron chi connectivity index (χ4n) is 4.20. The zero-order valence-corrected chi connectivity index (χ0v) is 17.3. The minimum atomic E-state index is 0.169. The molecule has 3 aromatic carbocycles. The van der Waals surface area contributed by atoms with Gasteiger partial charge < -0.3 is 18.9 Å². The Morgan fingerprint density at radius 3 is 1.86 bits per heavy atom. The van der Waals surface area contributed by atoms with E-state index < -0.39 is 0 Å². The molecule has 0 spiro atoms. The topological polar surface area (TPSA) is 36.9 Å². The van der Waals surface area contributed by atoms with Crippen molar-refractivity contribution in [3.63, 3.8) is 0 Å². The van der Waals surface area contributed by atoms with Gasteiger partial charge in [-0.1, -0.05) is 30.3 Å². The molecule has 0 saturated carbocycles. The molecule has 0 aliphatic carbocycles. The lowest BCUT2D eigenvalue weighted by atomic mass is 9.75. The molecule has 0 radical (unpaired) electrons. The van der Waals surface area contributed by atoms with E-state index in [2.05, 4.69) is 37.3 Å². The maximum absolute atomic E-state index is 6.28. The van der Waals surface area contributed by atoms with Crippen LogP contribution in [0.3, 0.4) is 0 Å². The second-order valence-corrected chi connectivity index (χ2v) is 7.25. The first-order valence-corrected chi connectivity index (χ1v) is 9.74. The third-order valence-corrected chi connectivity index (χ3v) is 5.77. The van der Waals surface area contributed by atoms with Crippen LogP contribution in [0.4, 0.5) is 0 Å². The molecule has 4 nitrogen and oxygen atoms in total. The molecule has 3 aromatic rings. The second kappa shape index (κ2) is 8.08. The first-order chi connectivity index (χ1) is 14.2. The Morgan fingerprint density at radius 2 is 1.31 bits per heavy atom. The zero-order valence-electron chi connectivity index (χ0n) is 17.3. The largest absolute Gasteiger partial charge is 0.497 e. The number of fused-ring (bicyclic) bond motifs is 1. The van der Waals surface area contributed by atoms with Gasteiger partial charge in [-0.15, -0.1) is 0 Å². The molecule has 150 valence electrons. The molecular weight excluding hydrogens is 364 g/mol. The van der Waals surface area contributed by atoms with E-state index in [0.717, 1.165) is 28.6 Å². The van der Waals surface area contributed by atoms with Crippen LogP contribution in [0.15, 0.2) is 60.7 Å². The lowest BCUT2D eigenvalue weighted by molar-refractivity contribution is 0.245. The standard InChI is InChI=1S/C25H26O4/c1-16-23(28-4)14-13-21-24(18-7-11-20(27-3)12-8-18)22(15-29-25(16)21)17-5-9-19(26-2)10-6-17/h5-14,22,24H,15H2,1-4H3/t22-,24-/m0/s1. The van der Waals surface area contributed by atoms with Gasteiger partial charge in [0.2, 0.25) is 0 Å². The highest BCUT2D eigenvalue weighted by Gasteiger charge is 2.34. The third-order valence-electron chi connectivity index (χ3n) is 5.77. The molecule has 4 rings (SSSR count). The van der Waals surface area contributed by atoms with Crippen LogP contribution in [0.2, 0.25) is 0 Å². The van der Waals surface area contributed by atoms with Gasteiger partial charge in [-0.25, -0.2) is 0 Å². The Balaban J connectivity index is 1.83. The van der Waals surface area contributed by atoms with Crippen molar-refractivity contribution in [2.45, 2.75) is 18.8 Å². The first-order valence-electron chi connectivity index (χ1n) is 9.74. The van der Waals surface area contributed by atoms with Gasteiger partial charge in [0, 0.05) is 23.0 Å². The van der Waals surface area contributed by atoms with E-state index in [1.165, 1.54) is 16.7 Å². The zero-order chi connectivity index (χ0) is 20.4. The SMILES string of the molecule is COc1ccc([C@H]2c3ccc(OC)c(C)c3OC[C@H]2c2ccc(OC)cc2)cc1. The van der Waals surface area contributed by atoms with E-state index in [1.807, 2.05) is 30.3 Å². The molecule has 0 amide bonds. The smallest absolute Gasteiger partial charge is 0.129 e. The van der Waals surface area contributed by atoms with Crippen LogP contribution in [-0.2, 0) is 0 Å². The van der Waals surface area contributed by atoms with E-state index in [-0.39, 0.29) is 11.8 Å². The van der Waals surface area contributed by atoms with E-state index in [9.17, 15) is 0 Å². The average Bonchev–Trinajstić information content (AvgIpc) is 2.79. The molecule has 2 atom stereocenters. The Morgan fingerprint density at radius 1 is 0.724 bits per heavy atom. The van der Waals surface area contributed by atoms with Crippen molar-refractivity contribution >= 4 is 0 Å². The van der Waals surface area contributed by atoms with Crippen molar-refractivity contribution in [1.29, 1.82) is 0 Å². The van der Waals surface area contributed by atoms with Crippen molar-refractivity contribution in [2.75, 3.05) is 27.9 Å². The van der Waals surface area contributed by atoms with Gasteiger partial charge in [0.05, 0.1) is 27.9 Å². The Bertz CT molecular complexity index is 977. The van der Waals surface area contributed by atoms with Gasteiger partial charge >= 0.3 is 0 Å². The van der Waals surface area contributed by atoms with Gasteiger partial charge in [0.15, 0.2) is 0 Å². The first kappa shape index (κ1) is 19.2. The summed E-state index contributed by atoms with van der Waals surface area (Å²) in [5.74, 6) is 3.84. The fourth-order valence-corrected chi connectivity index (χ4v) is 4.20. The number of benzene rings is 3. The highest BCUT2D eigenvalue weighted by atomic mass is 16.5. The summed E-state index contributed by atoms with van der Waals surface area (Å²) in [5, 5.41) is 0. The van der Waals surface area contributed by atoms with Gasteiger partial charge in [-0.05, 0) is 48.4 Å². The summed E-state index contributed by atoms with van der Waals surface area (Å²) < 4.78 is 22.5. The van der Waals surface area contributed by atoms with Crippen molar-refractivity contribution in [3.8, 4) is 23.0 Å². The molecular formula is C25H26O4. The van der Waals surface area contributed by atoms with Crippen LogP contribution in [0, 0.1) is 6.92 Å². The van der Waals surface area contributed by atoms with Crippen LogP contribution in [0.1, 0.15) is 34.1 Å². The number of methoxy groups -OCH3 is 3. The van der Waals surface area contributed by atoms with E-state index in [4.69, 9.17) is 18.9 Å². The Kier molecular flexibility index (Phi) is 5.34. The minimum Gasteiger partial charge on any atom is -0.497 e.